The average molecular weight is 409 g/mol. The van der Waals surface area contributed by atoms with E-state index in [1.165, 1.54) is 12.7 Å². The van der Waals surface area contributed by atoms with Gasteiger partial charge >= 0.3 is 13.6 Å². The number of carboxylic acids is 1. The summed E-state index contributed by atoms with van der Waals surface area (Å²) < 4.78 is 17.5. The maximum atomic E-state index is 10.7. The Morgan fingerprint density at radius 2 is 1.93 bits per heavy atom. The van der Waals surface area contributed by atoms with Crippen molar-refractivity contribution in [1.29, 1.82) is 0 Å². The van der Waals surface area contributed by atoms with Crippen LogP contribution in [-0.2, 0) is 15.8 Å². The lowest BCUT2D eigenvalue weighted by Gasteiger charge is -2.14. The molecule has 0 bridgehead atoms. The van der Waals surface area contributed by atoms with Crippen molar-refractivity contribution >= 4 is 30.5 Å². The number of nitrogens with zero attached hydrogens (tertiary/aromatic N) is 4. The van der Waals surface area contributed by atoms with E-state index in [0.717, 1.165) is 0 Å². The molecule has 2 heterocycles. The molecule has 0 unspecified atom stereocenters. The molecule has 0 aliphatic rings. The predicted molar refractivity (Wildman–Crippen MR) is 101 cm³/mol. The number of nitrogens with two attached hydrogens (primary N) is 1. The fourth-order valence-electron chi connectivity index (χ4n) is 2.17. The zero-order valence-electron chi connectivity index (χ0n) is 14.9. The Morgan fingerprint density at radius 3 is 2.50 bits per heavy atom. The summed E-state index contributed by atoms with van der Waals surface area (Å²) in [6.07, 6.45) is 1.85. The van der Waals surface area contributed by atoms with E-state index in [4.69, 9.17) is 25.4 Å². The summed E-state index contributed by atoms with van der Waals surface area (Å²) in [5, 5.41) is 8.38. The van der Waals surface area contributed by atoms with Crippen LogP contribution in [0.3, 0.4) is 0 Å². The van der Waals surface area contributed by atoms with Gasteiger partial charge in [0.05, 0.1) is 24.5 Å². The molecule has 28 heavy (non-hydrogen) atoms. The predicted octanol–water partition coefficient (Wildman–Crippen LogP) is 1.33. The summed E-state index contributed by atoms with van der Waals surface area (Å²) in [4.78, 5) is 39.6. The highest BCUT2D eigenvalue weighted by Gasteiger charge is 2.16. The zero-order valence-corrected chi connectivity index (χ0v) is 15.8. The second-order valence-electron chi connectivity index (χ2n) is 5.77. The van der Waals surface area contributed by atoms with Crippen LogP contribution in [0.1, 0.15) is 17.3 Å². The van der Waals surface area contributed by atoms with Crippen LogP contribution in [0.4, 0.5) is 5.82 Å². The number of ether oxygens (including phenoxy) is 1. The summed E-state index contributed by atoms with van der Waals surface area (Å²) in [5.74, 6) is -0.594. The van der Waals surface area contributed by atoms with Crippen molar-refractivity contribution in [2.24, 2.45) is 0 Å². The number of hydrogen-bond acceptors (Lipinski definition) is 7. The van der Waals surface area contributed by atoms with Crippen LogP contribution in [-0.4, -0.2) is 52.8 Å². The topological polar surface area (TPSA) is 174 Å². The van der Waals surface area contributed by atoms with Crippen molar-refractivity contribution in [1.82, 2.24) is 19.5 Å². The van der Waals surface area contributed by atoms with E-state index in [0.29, 0.717) is 23.3 Å². The lowest BCUT2D eigenvalue weighted by atomic mass is 10.2. The van der Waals surface area contributed by atoms with Gasteiger partial charge in [0.25, 0.3) is 0 Å². The molecule has 0 fully saturated rings. The number of fused-ring (bicyclic) bond motifs is 1. The lowest BCUT2D eigenvalue weighted by molar-refractivity contribution is 0.0697. The second-order valence-corrected chi connectivity index (χ2v) is 7.36. The number of carbonyl (C=O) groups is 1. The monoisotopic (exact) mass is 409 g/mol. The van der Waals surface area contributed by atoms with Crippen molar-refractivity contribution in [2.75, 3.05) is 12.1 Å². The first-order valence-corrected chi connectivity index (χ1v) is 9.83. The van der Waals surface area contributed by atoms with Crippen LogP contribution in [0.2, 0.25) is 0 Å². The van der Waals surface area contributed by atoms with E-state index in [2.05, 4.69) is 15.0 Å². The third-order valence-corrected chi connectivity index (χ3v) is 3.92. The summed E-state index contributed by atoms with van der Waals surface area (Å²) >= 11 is 0. The Hall–Kier alpha value is -2.85. The number of aromatic carboxylic acids is 1. The molecule has 0 amide bonds. The molecule has 0 aliphatic carbocycles. The Morgan fingerprint density at radius 1 is 1.25 bits per heavy atom. The van der Waals surface area contributed by atoms with Gasteiger partial charge in [-0.3, -0.25) is 4.57 Å². The number of carboxylic acid groups (broad SMARTS) is 1. The van der Waals surface area contributed by atoms with Gasteiger partial charge in [-0.15, -0.1) is 0 Å². The van der Waals surface area contributed by atoms with E-state index in [9.17, 15) is 9.36 Å². The van der Waals surface area contributed by atoms with E-state index >= 15 is 0 Å². The molecule has 2 aromatic heterocycles. The van der Waals surface area contributed by atoms with Crippen LogP contribution in [0.25, 0.3) is 11.2 Å². The molecule has 5 N–H and O–H groups in total. The smallest absolute Gasteiger partial charge is 0.350 e. The molecule has 0 aliphatic heterocycles. The summed E-state index contributed by atoms with van der Waals surface area (Å²) in [5.41, 5.74) is 7.03. The number of rotatable bonds is 6. The average Bonchev–Trinajstić information content (AvgIpc) is 3.05. The molecule has 1 aromatic carbocycles. The highest BCUT2D eigenvalue weighted by molar-refractivity contribution is 7.51. The van der Waals surface area contributed by atoms with E-state index < -0.39 is 26.0 Å². The molecule has 0 saturated heterocycles. The molecule has 150 valence electrons. The number of imidazole rings is 1. The van der Waals surface area contributed by atoms with Crippen LogP contribution < -0.4 is 5.73 Å². The molecule has 0 radical (unpaired) electrons. The van der Waals surface area contributed by atoms with Gasteiger partial charge in [0, 0.05) is 0 Å². The van der Waals surface area contributed by atoms with Crippen molar-refractivity contribution in [3.8, 4) is 0 Å². The standard InChI is InChI=1S/C9H14N5O4P.C7H6O2/c1-6(18-5-19(15,16)17)2-14-4-13-7-8(10)11-3-12-9(7)14;8-7(9)6-4-2-1-3-5-6/h3-4,6H,2,5H2,1H3,(H2,10,11,12)(H2,15,16,17);1-5H,(H,8,9)/t6-;/m0./s1. The van der Waals surface area contributed by atoms with Crippen LogP contribution in [0, 0.1) is 0 Å². The molecular formula is C16H20N5O6P. The maximum absolute atomic E-state index is 10.7. The Balaban J connectivity index is 0.000000261. The molecule has 0 spiro atoms. The molecule has 0 saturated carbocycles. The highest BCUT2D eigenvalue weighted by atomic mass is 31.2. The van der Waals surface area contributed by atoms with Crippen LogP contribution in [0.15, 0.2) is 43.0 Å². The van der Waals surface area contributed by atoms with Gasteiger partial charge in [-0.1, -0.05) is 18.2 Å². The van der Waals surface area contributed by atoms with Crippen molar-refractivity contribution < 1.29 is 29.0 Å². The van der Waals surface area contributed by atoms with Gasteiger partial charge in [0.1, 0.15) is 18.2 Å². The number of benzene rings is 1. The first kappa shape index (κ1) is 21.5. The number of hydrogen-bond donors (Lipinski definition) is 4. The Kier molecular flexibility index (Phi) is 7.18. The van der Waals surface area contributed by atoms with Crippen molar-refractivity contribution in [3.05, 3.63) is 48.5 Å². The lowest BCUT2D eigenvalue weighted by Crippen LogP contribution is -2.17. The molecule has 3 aromatic rings. The minimum Gasteiger partial charge on any atom is -0.478 e. The molecule has 12 heteroatoms. The normalized spacial score (nSPS) is 12.2. The summed E-state index contributed by atoms with van der Waals surface area (Å²) in [6.45, 7) is 2.05. The van der Waals surface area contributed by atoms with Crippen molar-refractivity contribution in [3.63, 3.8) is 0 Å². The van der Waals surface area contributed by atoms with Gasteiger partial charge < -0.3 is 29.9 Å². The first-order valence-electron chi connectivity index (χ1n) is 8.03. The number of aromatic nitrogens is 4. The van der Waals surface area contributed by atoms with Crippen LogP contribution in [0.5, 0.6) is 0 Å². The largest absolute Gasteiger partial charge is 0.478 e. The van der Waals surface area contributed by atoms with Crippen LogP contribution >= 0.6 is 7.60 Å². The molecular weight excluding hydrogens is 389 g/mol. The van der Waals surface area contributed by atoms with Gasteiger partial charge in [-0.25, -0.2) is 19.7 Å². The fraction of sp³-hybridized carbons (Fsp3) is 0.250. The zero-order chi connectivity index (χ0) is 20.7. The minimum atomic E-state index is -4.16. The third-order valence-electron chi connectivity index (χ3n) is 3.43. The molecule has 11 nitrogen and oxygen atoms in total. The van der Waals surface area contributed by atoms with Gasteiger partial charge in [-0.2, -0.15) is 0 Å². The third kappa shape index (κ3) is 6.39. The summed E-state index contributed by atoms with van der Waals surface area (Å²) in [7, 11) is -4.16. The second kappa shape index (κ2) is 9.38. The quantitative estimate of drug-likeness (QED) is 0.435. The highest BCUT2D eigenvalue weighted by Crippen LogP contribution is 2.34. The first-order chi connectivity index (χ1) is 13.2. The number of anilines is 1. The van der Waals surface area contributed by atoms with E-state index in [-0.39, 0.29) is 5.82 Å². The van der Waals surface area contributed by atoms with Gasteiger partial charge in [0.2, 0.25) is 0 Å². The van der Waals surface area contributed by atoms with Crippen molar-refractivity contribution in [2.45, 2.75) is 19.6 Å². The van der Waals surface area contributed by atoms with Gasteiger partial charge in [0.15, 0.2) is 11.5 Å². The van der Waals surface area contributed by atoms with E-state index in [1.54, 1.807) is 41.8 Å². The Bertz CT molecular complexity index is 974. The SMILES string of the molecule is C[C@@H](Cn1cnc2c(N)ncnc21)OCP(=O)(O)O.O=C(O)c1ccccc1. The van der Waals surface area contributed by atoms with E-state index in [1.807, 2.05) is 0 Å². The summed E-state index contributed by atoms with van der Waals surface area (Å²) in [6, 6.07) is 8.30. The maximum Gasteiger partial charge on any atom is 0.350 e. The molecule has 3 rings (SSSR count). The molecule has 1 atom stereocenters. The minimum absolute atomic E-state index is 0.285. The fourth-order valence-corrected chi connectivity index (χ4v) is 2.62. The number of nitrogen functional groups attached to an aromatic ring is 1. The Labute approximate surface area is 160 Å². The van der Waals surface area contributed by atoms with Gasteiger partial charge in [-0.05, 0) is 19.1 Å².